The average molecular weight is 281 g/mol. The SMILES string of the molecule is Cc1ccc(C2CCn3cc(C(F)(F)F)nc3N2)cc1. The van der Waals surface area contributed by atoms with E-state index in [0.717, 1.165) is 23.7 Å². The van der Waals surface area contributed by atoms with Gasteiger partial charge in [-0.1, -0.05) is 29.8 Å². The van der Waals surface area contributed by atoms with Crippen LogP contribution < -0.4 is 5.32 Å². The van der Waals surface area contributed by atoms with Gasteiger partial charge in [-0.25, -0.2) is 4.98 Å². The highest BCUT2D eigenvalue weighted by Gasteiger charge is 2.35. The fourth-order valence-electron chi connectivity index (χ4n) is 2.38. The minimum atomic E-state index is -4.40. The van der Waals surface area contributed by atoms with Crippen LogP contribution in [0.25, 0.3) is 0 Å². The van der Waals surface area contributed by atoms with Crippen molar-refractivity contribution < 1.29 is 13.2 Å². The van der Waals surface area contributed by atoms with E-state index in [2.05, 4.69) is 10.3 Å². The van der Waals surface area contributed by atoms with Crippen LogP contribution in [0, 0.1) is 6.92 Å². The largest absolute Gasteiger partial charge is 0.434 e. The van der Waals surface area contributed by atoms with Crippen molar-refractivity contribution >= 4 is 5.95 Å². The van der Waals surface area contributed by atoms with Gasteiger partial charge >= 0.3 is 6.18 Å². The van der Waals surface area contributed by atoms with Crippen LogP contribution >= 0.6 is 0 Å². The fraction of sp³-hybridized carbons (Fsp3) is 0.357. The molecule has 106 valence electrons. The highest BCUT2D eigenvalue weighted by Crippen LogP contribution is 2.33. The monoisotopic (exact) mass is 281 g/mol. The van der Waals surface area contributed by atoms with Crippen LogP contribution in [0.4, 0.5) is 19.1 Å². The first-order valence-electron chi connectivity index (χ1n) is 6.41. The zero-order valence-corrected chi connectivity index (χ0v) is 10.9. The molecule has 1 aromatic heterocycles. The number of fused-ring (bicyclic) bond motifs is 1. The molecule has 0 bridgehead atoms. The van der Waals surface area contributed by atoms with Gasteiger partial charge in [-0.05, 0) is 18.9 Å². The molecule has 0 radical (unpaired) electrons. The molecule has 1 N–H and O–H groups in total. The maximum atomic E-state index is 12.6. The van der Waals surface area contributed by atoms with Crippen LogP contribution in [0.1, 0.15) is 29.3 Å². The molecule has 3 rings (SSSR count). The van der Waals surface area contributed by atoms with Crippen LogP contribution in [0.2, 0.25) is 0 Å². The second-order valence-electron chi connectivity index (χ2n) is 5.04. The number of aryl methyl sites for hydroxylation is 2. The molecule has 1 aromatic carbocycles. The Morgan fingerprint density at radius 3 is 2.60 bits per heavy atom. The summed E-state index contributed by atoms with van der Waals surface area (Å²) in [6.45, 7) is 2.53. The number of hydrogen-bond donors (Lipinski definition) is 1. The zero-order chi connectivity index (χ0) is 14.3. The average Bonchev–Trinajstić information content (AvgIpc) is 2.82. The lowest BCUT2D eigenvalue weighted by Crippen LogP contribution is -2.21. The Kier molecular flexibility index (Phi) is 2.96. The van der Waals surface area contributed by atoms with Crippen molar-refractivity contribution in [2.75, 3.05) is 5.32 Å². The van der Waals surface area contributed by atoms with Gasteiger partial charge in [0.2, 0.25) is 5.95 Å². The summed E-state index contributed by atoms with van der Waals surface area (Å²) in [5.74, 6) is 0.286. The molecular formula is C14H14F3N3. The summed E-state index contributed by atoms with van der Waals surface area (Å²) >= 11 is 0. The molecule has 0 saturated heterocycles. The molecule has 1 unspecified atom stereocenters. The molecule has 0 spiro atoms. The van der Waals surface area contributed by atoms with Crippen molar-refractivity contribution in [2.45, 2.75) is 32.1 Å². The third-order valence-electron chi connectivity index (χ3n) is 3.51. The molecule has 0 amide bonds. The van der Waals surface area contributed by atoms with E-state index in [1.807, 2.05) is 31.2 Å². The van der Waals surface area contributed by atoms with Crippen LogP contribution in [0.15, 0.2) is 30.5 Å². The molecule has 0 saturated carbocycles. The molecule has 20 heavy (non-hydrogen) atoms. The predicted molar refractivity (Wildman–Crippen MR) is 69.4 cm³/mol. The highest BCUT2D eigenvalue weighted by atomic mass is 19.4. The third kappa shape index (κ3) is 2.37. The Hall–Kier alpha value is -1.98. The second kappa shape index (κ2) is 4.54. The number of aromatic nitrogens is 2. The number of imidazole rings is 1. The van der Waals surface area contributed by atoms with E-state index in [0.29, 0.717) is 6.54 Å². The van der Waals surface area contributed by atoms with Gasteiger partial charge in [-0.2, -0.15) is 13.2 Å². The van der Waals surface area contributed by atoms with E-state index in [1.165, 1.54) is 4.57 Å². The van der Waals surface area contributed by atoms with Crippen molar-refractivity contribution in [3.05, 3.63) is 47.3 Å². The first-order valence-corrected chi connectivity index (χ1v) is 6.41. The van der Waals surface area contributed by atoms with Crippen molar-refractivity contribution in [2.24, 2.45) is 0 Å². The number of nitrogens with zero attached hydrogens (tertiary/aromatic N) is 2. The summed E-state index contributed by atoms with van der Waals surface area (Å²) in [7, 11) is 0. The lowest BCUT2D eigenvalue weighted by molar-refractivity contribution is -0.140. The zero-order valence-electron chi connectivity index (χ0n) is 10.9. The van der Waals surface area contributed by atoms with E-state index < -0.39 is 11.9 Å². The Bertz CT molecular complexity index is 614. The normalized spacial score (nSPS) is 18.5. The molecule has 3 nitrogen and oxygen atoms in total. The quantitative estimate of drug-likeness (QED) is 0.862. The van der Waals surface area contributed by atoms with Crippen molar-refractivity contribution in [3.8, 4) is 0 Å². The number of alkyl halides is 3. The van der Waals surface area contributed by atoms with Gasteiger partial charge in [0.25, 0.3) is 0 Å². The van der Waals surface area contributed by atoms with Crippen molar-refractivity contribution in [1.29, 1.82) is 0 Å². The first kappa shape index (κ1) is 13.0. The van der Waals surface area contributed by atoms with E-state index in [1.54, 1.807) is 0 Å². The van der Waals surface area contributed by atoms with E-state index in [-0.39, 0.29) is 12.0 Å². The highest BCUT2D eigenvalue weighted by molar-refractivity contribution is 5.38. The summed E-state index contributed by atoms with van der Waals surface area (Å²) in [6.07, 6.45) is -2.59. The minimum absolute atomic E-state index is 0.00610. The molecule has 1 aliphatic rings. The standard InChI is InChI=1S/C14H14F3N3/c1-9-2-4-10(5-3-9)11-6-7-20-8-12(14(15,16)17)19-13(20)18-11/h2-5,8,11H,6-7H2,1H3,(H,18,19). The summed E-state index contributed by atoms with van der Waals surface area (Å²) in [5.41, 5.74) is 1.38. The van der Waals surface area contributed by atoms with E-state index in [4.69, 9.17) is 0 Å². The molecule has 2 aromatic rings. The van der Waals surface area contributed by atoms with Gasteiger partial charge in [-0.3, -0.25) is 0 Å². The van der Waals surface area contributed by atoms with Gasteiger partial charge in [0.05, 0.1) is 6.04 Å². The Morgan fingerprint density at radius 2 is 1.95 bits per heavy atom. The lowest BCUT2D eigenvalue weighted by atomic mass is 10.0. The third-order valence-corrected chi connectivity index (χ3v) is 3.51. The number of rotatable bonds is 1. The number of halogens is 3. The number of benzene rings is 1. The summed E-state index contributed by atoms with van der Waals surface area (Å²) in [4.78, 5) is 3.64. The molecule has 0 aliphatic carbocycles. The Labute approximate surface area is 114 Å². The summed E-state index contributed by atoms with van der Waals surface area (Å²) < 4.78 is 39.4. The van der Waals surface area contributed by atoms with Gasteiger partial charge in [0.1, 0.15) is 0 Å². The van der Waals surface area contributed by atoms with Crippen molar-refractivity contribution in [3.63, 3.8) is 0 Å². The van der Waals surface area contributed by atoms with Crippen LogP contribution in [-0.2, 0) is 12.7 Å². The number of nitrogens with one attached hydrogen (secondary N) is 1. The van der Waals surface area contributed by atoms with Gasteiger partial charge in [0, 0.05) is 12.7 Å². The van der Waals surface area contributed by atoms with Gasteiger partial charge < -0.3 is 9.88 Å². The number of anilines is 1. The van der Waals surface area contributed by atoms with E-state index >= 15 is 0 Å². The maximum Gasteiger partial charge on any atom is 0.434 e. The smallest absolute Gasteiger partial charge is 0.349 e. The Morgan fingerprint density at radius 1 is 1.25 bits per heavy atom. The lowest BCUT2D eigenvalue weighted by Gasteiger charge is -2.25. The predicted octanol–water partition coefficient (Wildman–Crippen LogP) is 3.77. The van der Waals surface area contributed by atoms with Gasteiger partial charge in [0.15, 0.2) is 5.69 Å². The van der Waals surface area contributed by atoms with Gasteiger partial charge in [-0.15, -0.1) is 0 Å². The number of hydrogen-bond acceptors (Lipinski definition) is 2. The molecule has 1 aliphatic heterocycles. The van der Waals surface area contributed by atoms with Crippen molar-refractivity contribution in [1.82, 2.24) is 9.55 Å². The second-order valence-corrected chi connectivity index (χ2v) is 5.04. The molecule has 0 fully saturated rings. The minimum Gasteiger partial charge on any atom is -0.349 e. The molecule has 1 atom stereocenters. The van der Waals surface area contributed by atoms with Crippen LogP contribution in [0.5, 0.6) is 0 Å². The Balaban J connectivity index is 1.85. The van der Waals surface area contributed by atoms with Crippen LogP contribution in [-0.4, -0.2) is 9.55 Å². The first-order chi connectivity index (χ1) is 9.43. The summed E-state index contributed by atoms with van der Waals surface area (Å²) in [6, 6.07) is 8.00. The summed E-state index contributed by atoms with van der Waals surface area (Å²) in [5, 5.41) is 3.08. The molecule has 2 heterocycles. The molecule has 6 heteroatoms. The van der Waals surface area contributed by atoms with Crippen LogP contribution in [0.3, 0.4) is 0 Å². The fourth-order valence-corrected chi connectivity index (χ4v) is 2.38. The topological polar surface area (TPSA) is 29.9 Å². The maximum absolute atomic E-state index is 12.6. The van der Waals surface area contributed by atoms with E-state index in [9.17, 15) is 13.2 Å². The molecular weight excluding hydrogens is 267 g/mol.